The van der Waals surface area contributed by atoms with Crippen LogP contribution in [0.3, 0.4) is 0 Å². The first-order valence-corrected chi connectivity index (χ1v) is 4.64. The third kappa shape index (κ3) is 3.44. The Hall–Kier alpha value is -0.930. The van der Waals surface area contributed by atoms with Gasteiger partial charge in [-0.05, 0) is 17.5 Å². The summed E-state index contributed by atoms with van der Waals surface area (Å²) in [6.07, 6.45) is 0.587. The number of methoxy groups -OCH3 is 1. The summed E-state index contributed by atoms with van der Waals surface area (Å²) in [5.74, 6) is 0. The molecule has 1 rings (SSSR count). The molecule has 0 aromatic heterocycles. The van der Waals surface area contributed by atoms with Gasteiger partial charge in [0, 0.05) is 13.2 Å². The van der Waals surface area contributed by atoms with E-state index in [1.54, 1.807) is 7.11 Å². The number of hydrogen-bond acceptors (Lipinski definition) is 2. The highest BCUT2D eigenvalue weighted by Crippen LogP contribution is 2.07. The van der Waals surface area contributed by atoms with Crippen molar-refractivity contribution in [3.05, 3.63) is 35.4 Å². The second kappa shape index (κ2) is 5.73. The Kier molecular flexibility index (Phi) is 4.56. The van der Waals surface area contributed by atoms with E-state index in [0.717, 1.165) is 11.1 Å². The number of ether oxygens (including phenoxy) is 1. The average Bonchev–Trinajstić information content (AvgIpc) is 2.21. The molecule has 0 spiro atoms. The second-order valence-corrected chi connectivity index (χ2v) is 3.37. The largest absolute Gasteiger partial charge is 0.380 e. The Morgan fingerprint density at radius 1 is 1.29 bits per heavy atom. The molecule has 0 heterocycles. The number of benzene rings is 1. The van der Waals surface area contributed by atoms with Gasteiger partial charge in [0.15, 0.2) is 0 Å². The lowest BCUT2D eigenvalue weighted by atomic mass is 10.1. The maximum absolute atomic E-state index is 12.1. The normalized spacial score (nSPS) is 12.8. The first-order valence-electron chi connectivity index (χ1n) is 4.64. The molecular formula is C11H16FNO. The lowest BCUT2D eigenvalue weighted by Gasteiger charge is -2.07. The Bertz CT molecular complexity index is 260. The molecule has 1 aromatic rings. The van der Waals surface area contributed by atoms with Crippen LogP contribution in [0.5, 0.6) is 0 Å². The van der Waals surface area contributed by atoms with E-state index in [9.17, 15) is 4.39 Å². The highest BCUT2D eigenvalue weighted by molar-refractivity contribution is 5.22. The van der Waals surface area contributed by atoms with E-state index in [0.29, 0.717) is 13.0 Å². The van der Waals surface area contributed by atoms with Crippen molar-refractivity contribution in [3.63, 3.8) is 0 Å². The molecule has 1 unspecified atom stereocenters. The zero-order valence-electron chi connectivity index (χ0n) is 8.37. The molecule has 0 aliphatic carbocycles. The Morgan fingerprint density at radius 2 is 1.86 bits per heavy atom. The van der Waals surface area contributed by atoms with Crippen LogP contribution in [0, 0.1) is 0 Å². The van der Waals surface area contributed by atoms with Crippen LogP contribution in [0.2, 0.25) is 0 Å². The summed E-state index contributed by atoms with van der Waals surface area (Å²) in [6, 6.07) is 7.49. The predicted octanol–water partition coefficient (Wildman–Crippen LogP) is 1.67. The zero-order valence-corrected chi connectivity index (χ0v) is 8.37. The molecule has 2 nitrogen and oxygen atoms in total. The summed E-state index contributed by atoms with van der Waals surface area (Å²) in [7, 11) is 1.66. The minimum atomic E-state index is -0.472. The van der Waals surface area contributed by atoms with E-state index >= 15 is 0 Å². The third-order valence-corrected chi connectivity index (χ3v) is 2.03. The van der Waals surface area contributed by atoms with E-state index in [2.05, 4.69) is 0 Å². The molecule has 78 valence electrons. The maximum atomic E-state index is 12.1. The van der Waals surface area contributed by atoms with Gasteiger partial charge in [-0.2, -0.15) is 0 Å². The van der Waals surface area contributed by atoms with Gasteiger partial charge in [0.05, 0.1) is 6.61 Å². The molecule has 14 heavy (non-hydrogen) atoms. The summed E-state index contributed by atoms with van der Waals surface area (Å²) in [4.78, 5) is 0. The van der Waals surface area contributed by atoms with Crippen LogP contribution >= 0.6 is 0 Å². The standard InChI is InChI=1S/C11H16FNO/c1-14-8-10-4-2-9(3-5-10)6-11(13)7-12/h2-5,11H,6-8,13H2,1H3. The van der Waals surface area contributed by atoms with Gasteiger partial charge in [0.1, 0.15) is 6.67 Å². The van der Waals surface area contributed by atoms with E-state index in [1.165, 1.54) is 0 Å². The third-order valence-electron chi connectivity index (χ3n) is 2.03. The van der Waals surface area contributed by atoms with Gasteiger partial charge in [-0.25, -0.2) is 4.39 Å². The average molecular weight is 197 g/mol. The monoisotopic (exact) mass is 197 g/mol. The van der Waals surface area contributed by atoms with Crippen molar-refractivity contribution in [2.45, 2.75) is 19.1 Å². The molecule has 0 amide bonds. The Balaban J connectivity index is 2.54. The van der Waals surface area contributed by atoms with Crippen LogP contribution in [-0.2, 0) is 17.8 Å². The van der Waals surface area contributed by atoms with Crippen molar-refractivity contribution in [2.24, 2.45) is 5.73 Å². The van der Waals surface area contributed by atoms with E-state index in [1.807, 2.05) is 24.3 Å². The molecule has 3 heteroatoms. The first-order chi connectivity index (χ1) is 6.76. The minimum absolute atomic E-state index is 0.386. The smallest absolute Gasteiger partial charge is 0.105 e. The number of hydrogen-bond donors (Lipinski definition) is 1. The lowest BCUT2D eigenvalue weighted by molar-refractivity contribution is 0.185. The predicted molar refractivity (Wildman–Crippen MR) is 54.8 cm³/mol. The van der Waals surface area contributed by atoms with Crippen LogP contribution in [0.25, 0.3) is 0 Å². The lowest BCUT2D eigenvalue weighted by Crippen LogP contribution is -2.24. The van der Waals surface area contributed by atoms with Crippen LogP contribution < -0.4 is 5.73 Å². The van der Waals surface area contributed by atoms with Crippen molar-refractivity contribution < 1.29 is 9.13 Å². The Labute approximate surface area is 83.9 Å². The SMILES string of the molecule is COCc1ccc(CC(N)CF)cc1. The molecule has 0 saturated carbocycles. The van der Waals surface area contributed by atoms with Crippen LogP contribution in [-0.4, -0.2) is 19.8 Å². The van der Waals surface area contributed by atoms with Gasteiger partial charge in [-0.1, -0.05) is 24.3 Å². The fourth-order valence-corrected chi connectivity index (χ4v) is 1.30. The van der Waals surface area contributed by atoms with Crippen molar-refractivity contribution in [2.75, 3.05) is 13.8 Å². The topological polar surface area (TPSA) is 35.2 Å². The van der Waals surface area contributed by atoms with Crippen molar-refractivity contribution in [1.82, 2.24) is 0 Å². The van der Waals surface area contributed by atoms with Gasteiger partial charge in [0.2, 0.25) is 0 Å². The molecule has 2 N–H and O–H groups in total. The molecule has 0 bridgehead atoms. The molecule has 0 saturated heterocycles. The number of rotatable bonds is 5. The molecular weight excluding hydrogens is 181 g/mol. The number of halogens is 1. The summed E-state index contributed by atoms with van der Waals surface area (Å²) in [5.41, 5.74) is 7.68. The van der Waals surface area contributed by atoms with Crippen LogP contribution in [0.1, 0.15) is 11.1 Å². The second-order valence-electron chi connectivity index (χ2n) is 3.37. The van der Waals surface area contributed by atoms with Crippen LogP contribution in [0.15, 0.2) is 24.3 Å². The maximum Gasteiger partial charge on any atom is 0.105 e. The van der Waals surface area contributed by atoms with E-state index in [4.69, 9.17) is 10.5 Å². The summed E-state index contributed by atoms with van der Waals surface area (Å²) in [5, 5.41) is 0. The van der Waals surface area contributed by atoms with Gasteiger partial charge < -0.3 is 10.5 Å². The minimum Gasteiger partial charge on any atom is -0.380 e. The summed E-state index contributed by atoms with van der Waals surface area (Å²) >= 11 is 0. The summed E-state index contributed by atoms with van der Waals surface area (Å²) < 4.78 is 17.1. The van der Waals surface area contributed by atoms with Crippen molar-refractivity contribution in [1.29, 1.82) is 0 Å². The summed E-state index contributed by atoms with van der Waals surface area (Å²) in [6.45, 7) is 0.134. The van der Waals surface area contributed by atoms with Crippen LogP contribution in [0.4, 0.5) is 4.39 Å². The quantitative estimate of drug-likeness (QED) is 0.779. The molecule has 1 atom stereocenters. The number of nitrogens with two attached hydrogens (primary N) is 1. The zero-order chi connectivity index (χ0) is 10.4. The van der Waals surface area contributed by atoms with Gasteiger partial charge in [-0.3, -0.25) is 0 Å². The fraction of sp³-hybridized carbons (Fsp3) is 0.455. The van der Waals surface area contributed by atoms with Gasteiger partial charge in [0.25, 0.3) is 0 Å². The number of alkyl halides is 1. The highest BCUT2D eigenvalue weighted by atomic mass is 19.1. The first kappa shape index (κ1) is 11.1. The molecule has 1 aromatic carbocycles. The fourth-order valence-electron chi connectivity index (χ4n) is 1.30. The van der Waals surface area contributed by atoms with Crippen molar-refractivity contribution >= 4 is 0 Å². The molecule has 0 aliphatic heterocycles. The molecule has 0 radical (unpaired) electrons. The molecule has 0 aliphatic rings. The van der Waals surface area contributed by atoms with Gasteiger partial charge >= 0.3 is 0 Å². The van der Waals surface area contributed by atoms with Gasteiger partial charge in [-0.15, -0.1) is 0 Å². The van der Waals surface area contributed by atoms with E-state index < -0.39 is 6.67 Å². The Morgan fingerprint density at radius 3 is 2.36 bits per heavy atom. The molecule has 0 fully saturated rings. The van der Waals surface area contributed by atoms with Crippen molar-refractivity contribution in [3.8, 4) is 0 Å². The van der Waals surface area contributed by atoms with E-state index in [-0.39, 0.29) is 6.04 Å². The highest BCUT2D eigenvalue weighted by Gasteiger charge is 2.02.